The molecule has 7 nitrogen and oxygen atoms in total. The van der Waals surface area contributed by atoms with Gasteiger partial charge in [-0.1, -0.05) is 37.3 Å². The van der Waals surface area contributed by atoms with Gasteiger partial charge in [0.2, 0.25) is 0 Å². The average Bonchev–Trinajstić information content (AvgIpc) is 3.25. The number of H-pyrrole nitrogens is 1. The van der Waals surface area contributed by atoms with Crippen LogP contribution < -0.4 is 5.56 Å². The summed E-state index contributed by atoms with van der Waals surface area (Å²) in [5, 5.41) is 0. The molecule has 0 bridgehead atoms. The maximum absolute atomic E-state index is 12.5. The lowest BCUT2D eigenvalue weighted by molar-refractivity contribution is 0.102. The van der Waals surface area contributed by atoms with Gasteiger partial charge in [-0.3, -0.25) is 9.20 Å². The highest BCUT2D eigenvalue weighted by Crippen LogP contribution is 2.33. The first-order valence-electron chi connectivity index (χ1n) is 8.99. The molecule has 4 rings (SSSR count). The second-order valence-corrected chi connectivity index (χ2v) is 7.38. The number of hydrogen-bond donors (Lipinski definition) is 1. The lowest BCUT2D eigenvalue weighted by Crippen LogP contribution is -2.34. The zero-order valence-corrected chi connectivity index (χ0v) is 15.4. The Morgan fingerprint density at radius 1 is 1.33 bits per heavy atom. The summed E-state index contributed by atoms with van der Waals surface area (Å²) in [5.74, 6) is 0.796. The third-order valence-corrected chi connectivity index (χ3v) is 5.14. The number of ether oxygens (including phenoxy) is 1. The Kier molecular flexibility index (Phi) is 4.22. The van der Waals surface area contributed by atoms with Crippen molar-refractivity contribution < 1.29 is 9.53 Å². The highest BCUT2D eigenvalue weighted by molar-refractivity contribution is 5.68. The molecule has 1 fully saturated rings. The van der Waals surface area contributed by atoms with Crippen molar-refractivity contribution in [1.82, 2.24) is 19.3 Å². The summed E-state index contributed by atoms with van der Waals surface area (Å²) >= 11 is 0. The predicted molar refractivity (Wildman–Crippen MR) is 101 cm³/mol. The lowest BCUT2D eigenvalue weighted by Gasteiger charge is -2.23. The van der Waals surface area contributed by atoms with Gasteiger partial charge < -0.3 is 14.6 Å². The first-order chi connectivity index (χ1) is 13.0. The number of carbonyl (C=O) groups excluding carboxylic acids is 1. The Morgan fingerprint density at radius 2 is 2.11 bits per heavy atom. The van der Waals surface area contributed by atoms with E-state index < -0.39 is 0 Å². The number of likely N-dealkylation sites (tertiary alicyclic amines) is 1. The maximum atomic E-state index is 12.5. The molecule has 7 heteroatoms. The largest absolute Gasteiger partial charge is 0.445 e. The number of hydrogen-bond acceptors (Lipinski definition) is 4. The smallest absolute Gasteiger partial charge is 0.410 e. The standard InChI is InChI=1S/C20H22N4O3/c1-14-11-24-16(17(25)22-14)10-21-18(24)20(2)8-9-23(13-20)19(26)27-12-15-6-4-3-5-7-15/h3-7,10-11H,8-9,12-13H2,1-2H3,(H,22,25). The van der Waals surface area contributed by atoms with E-state index in [1.807, 2.05) is 47.9 Å². The molecule has 0 spiro atoms. The van der Waals surface area contributed by atoms with Crippen molar-refractivity contribution in [3.8, 4) is 0 Å². The van der Waals surface area contributed by atoms with Crippen LogP contribution >= 0.6 is 0 Å². The highest BCUT2D eigenvalue weighted by atomic mass is 16.6. The van der Waals surface area contributed by atoms with E-state index in [1.165, 1.54) is 0 Å². The van der Waals surface area contributed by atoms with Crippen molar-refractivity contribution in [2.45, 2.75) is 32.3 Å². The third kappa shape index (κ3) is 3.20. The van der Waals surface area contributed by atoms with Crippen LogP contribution in [0, 0.1) is 6.92 Å². The van der Waals surface area contributed by atoms with E-state index in [2.05, 4.69) is 16.9 Å². The molecule has 1 saturated heterocycles. The molecular weight excluding hydrogens is 344 g/mol. The molecule has 1 aliphatic heterocycles. The van der Waals surface area contributed by atoms with Crippen LogP contribution in [0.2, 0.25) is 0 Å². The summed E-state index contributed by atoms with van der Waals surface area (Å²) in [6.45, 7) is 5.28. The van der Waals surface area contributed by atoms with Gasteiger partial charge in [0.25, 0.3) is 5.56 Å². The monoisotopic (exact) mass is 366 g/mol. The number of nitrogens with one attached hydrogen (secondary N) is 1. The first-order valence-corrected chi connectivity index (χ1v) is 8.99. The van der Waals surface area contributed by atoms with Crippen LogP contribution in [-0.2, 0) is 16.8 Å². The summed E-state index contributed by atoms with van der Waals surface area (Å²) in [6.07, 6.45) is 3.91. The van der Waals surface area contributed by atoms with Crippen molar-refractivity contribution in [2.24, 2.45) is 0 Å². The molecule has 1 unspecified atom stereocenters. The molecule has 1 aromatic carbocycles. The summed E-state index contributed by atoms with van der Waals surface area (Å²) in [4.78, 5) is 33.6. The first kappa shape index (κ1) is 17.3. The minimum Gasteiger partial charge on any atom is -0.445 e. The number of benzene rings is 1. The zero-order valence-electron chi connectivity index (χ0n) is 15.4. The van der Waals surface area contributed by atoms with Crippen LogP contribution in [0.1, 0.15) is 30.4 Å². The van der Waals surface area contributed by atoms with E-state index >= 15 is 0 Å². The summed E-state index contributed by atoms with van der Waals surface area (Å²) in [5.41, 5.74) is 1.75. The Morgan fingerprint density at radius 3 is 2.89 bits per heavy atom. The van der Waals surface area contributed by atoms with Crippen molar-refractivity contribution in [3.05, 3.63) is 70.2 Å². The number of amides is 1. The van der Waals surface area contributed by atoms with Gasteiger partial charge >= 0.3 is 6.09 Å². The van der Waals surface area contributed by atoms with Crippen molar-refractivity contribution in [3.63, 3.8) is 0 Å². The second-order valence-electron chi connectivity index (χ2n) is 7.38. The number of fused-ring (bicyclic) bond motifs is 1. The molecule has 140 valence electrons. The van der Waals surface area contributed by atoms with Crippen LogP contribution in [0.15, 0.2) is 47.5 Å². The third-order valence-electron chi connectivity index (χ3n) is 5.14. The van der Waals surface area contributed by atoms with Gasteiger partial charge in [-0.25, -0.2) is 9.78 Å². The highest BCUT2D eigenvalue weighted by Gasteiger charge is 2.41. The zero-order chi connectivity index (χ0) is 19.0. The molecular formula is C20H22N4O3. The number of imidazole rings is 1. The molecule has 1 amide bonds. The van der Waals surface area contributed by atoms with E-state index in [0.717, 1.165) is 23.5 Å². The Hall–Kier alpha value is -3.09. The minimum absolute atomic E-state index is 0.158. The van der Waals surface area contributed by atoms with Crippen molar-refractivity contribution in [2.75, 3.05) is 13.1 Å². The average molecular weight is 366 g/mol. The number of carbonyl (C=O) groups is 1. The number of aromatic amines is 1. The van der Waals surface area contributed by atoms with Gasteiger partial charge in [0.1, 0.15) is 17.9 Å². The van der Waals surface area contributed by atoms with Crippen molar-refractivity contribution in [1.29, 1.82) is 0 Å². The number of aryl methyl sites for hydroxylation is 1. The lowest BCUT2D eigenvalue weighted by atomic mass is 9.89. The molecule has 1 atom stereocenters. The van der Waals surface area contributed by atoms with Gasteiger partial charge in [0.05, 0.1) is 6.20 Å². The minimum atomic E-state index is -0.335. The van der Waals surface area contributed by atoms with E-state index in [9.17, 15) is 9.59 Å². The topological polar surface area (TPSA) is 79.7 Å². The quantitative estimate of drug-likeness (QED) is 0.773. The number of nitrogens with zero attached hydrogens (tertiary/aromatic N) is 3. The normalized spacial score (nSPS) is 19.6. The molecule has 2 aromatic heterocycles. The molecule has 1 N–H and O–H groups in total. The fourth-order valence-electron chi connectivity index (χ4n) is 3.69. The molecule has 0 aliphatic carbocycles. The Labute approximate surface area is 156 Å². The number of rotatable bonds is 3. The molecule has 27 heavy (non-hydrogen) atoms. The van der Waals surface area contributed by atoms with Crippen LogP contribution in [0.5, 0.6) is 0 Å². The Balaban J connectivity index is 1.51. The van der Waals surface area contributed by atoms with E-state index in [4.69, 9.17) is 4.74 Å². The number of aromatic nitrogens is 3. The van der Waals surface area contributed by atoms with Crippen LogP contribution in [0.4, 0.5) is 4.79 Å². The van der Waals surface area contributed by atoms with E-state index in [0.29, 0.717) is 18.6 Å². The summed E-state index contributed by atoms with van der Waals surface area (Å²) < 4.78 is 7.29. The van der Waals surface area contributed by atoms with E-state index in [-0.39, 0.29) is 23.7 Å². The Bertz CT molecular complexity index is 1040. The van der Waals surface area contributed by atoms with Gasteiger partial charge in [-0.2, -0.15) is 0 Å². The van der Waals surface area contributed by atoms with Gasteiger partial charge in [-0.15, -0.1) is 0 Å². The van der Waals surface area contributed by atoms with E-state index in [1.54, 1.807) is 11.1 Å². The predicted octanol–water partition coefficient (Wildman–Crippen LogP) is 2.63. The fourth-order valence-corrected chi connectivity index (χ4v) is 3.69. The molecule has 0 saturated carbocycles. The summed E-state index contributed by atoms with van der Waals surface area (Å²) in [6, 6.07) is 9.63. The molecule has 0 radical (unpaired) electrons. The summed E-state index contributed by atoms with van der Waals surface area (Å²) in [7, 11) is 0. The molecule has 3 heterocycles. The van der Waals surface area contributed by atoms with Crippen LogP contribution in [-0.4, -0.2) is 38.5 Å². The van der Waals surface area contributed by atoms with Gasteiger partial charge in [-0.05, 0) is 18.9 Å². The van der Waals surface area contributed by atoms with Gasteiger partial charge in [0, 0.05) is 30.4 Å². The maximum Gasteiger partial charge on any atom is 0.410 e. The second kappa shape index (κ2) is 6.57. The SMILES string of the molecule is Cc1cn2c(C3(C)CCN(C(=O)OCc4ccccc4)C3)ncc2c(=O)[nH]1. The fraction of sp³-hybridized carbons (Fsp3) is 0.350. The molecule has 3 aromatic rings. The van der Waals surface area contributed by atoms with Crippen LogP contribution in [0.3, 0.4) is 0 Å². The molecule has 1 aliphatic rings. The van der Waals surface area contributed by atoms with Gasteiger partial charge in [0.15, 0.2) is 0 Å². The van der Waals surface area contributed by atoms with Crippen molar-refractivity contribution >= 4 is 11.6 Å². The van der Waals surface area contributed by atoms with Crippen LogP contribution in [0.25, 0.3) is 5.52 Å².